The molecule has 84 valence electrons. The second kappa shape index (κ2) is 7.96. The summed E-state index contributed by atoms with van der Waals surface area (Å²) in [5.74, 6) is -0.879. The number of hydrogen-bond donors (Lipinski definition) is 2. The maximum Gasteiger partial charge on any atom is 0.335 e. The lowest BCUT2D eigenvalue weighted by molar-refractivity contribution is 0.0697. The highest BCUT2D eigenvalue weighted by atomic mass is 16.4. The van der Waals surface area contributed by atoms with E-state index in [2.05, 4.69) is 0 Å². The number of carbonyl (C=O) groups is 1. The van der Waals surface area contributed by atoms with Crippen LogP contribution >= 0.6 is 0 Å². The normalized spacial score (nSPS) is 9.33. The second-order valence-corrected chi connectivity index (χ2v) is 3.20. The van der Waals surface area contributed by atoms with Crippen molar-refractivity contribution >= 4 is 5.97 Å². The van der Waals surface area contributed by atoms with Gasteiger partial charge in [-0.15, -0.1) is 0 Å². The van der Waals surface area contributed by atoms with Crippen LogP contribution < -0.4 is 0 Å². The zero-order chi connectivity index (χ0) is 11.7. The largest absolute Gasteiger partial charge is 0.478 e. The molecular formula is C11H17NO3. The fourth-order valence-corrected chi connectivity index (χ4v) is 0.781. The van der Waals surface area contributed by atoms with Crippen LogP contribution in [0, 0.1) is 0 Å². The van der Waals surface area contributed by atoms with Crippen molar-refractivity contribution in [3.8, 4) is 0 Å². The van der Waals surface area contributed by atoms with Crippen LogP contribution in [0.1, 0.15) is 10.4 Å². The molecule has 2 N–H and O–H groups in total. The molecule has 0 fully saturated rings. The fourth-order valence-electron chi connectivity index (χ4n) is 0.781. The molecule has 0 radical (unpaired) electrons. The van der Waals surface area contributed by atoms with Gasteiger partial charge in [0, 0.05) is 6.54 Å². The quantitative estimate of drug-likeness (QED) is 0.780. The van der Waals surface area contributed by atoms with E-state index >= 15 is 0 Å². The molecule has 0 atom stereocenters. The first-order valence-electron chi connectivity index (χ1n) is 4.62. The average molecular weight is 211 g/mol. The number of likely N-dealkylation sites (N-methyl/N-ethyl adjacent to an activating group) is 1. The van der Waals surface area contributed by atoms with Crippen molar-refractivity contribution in [2.45, 2.75) is 0 Å². The summed E-state index contributed by atoms with van der Waals surface area (Å²) in [7, 11) is 3.85. The molecule has 0 heterocycles. The summed E-state index contributed by atoms with van der Waals surface area (Å²) in [6, 6.07) is 8.30. The third-order valence-electron chi connectivity index (χ3n) is 1.57. The van der Waals surface area contributed by atoms with Crippen LogP contribution in [-0.4, -0.2) is 48.3 Å². The number of nitrogens with zero attached hydrogens (tertiary/aromatic N) is 1. The van der Waals surface area contributed by atoms with Crippen LogP contribution in [0.4, 0.5) is 0 Å². The first-order valence-corrected chi connectivity index (χ1v) is 4.62. The van der Waals surface area contributed by atoms with Crippen molar-refractivity contribution in [2.75, 3.05) is 27.2 Å². The minimum Gasteiger partial charge on any atom is -0.478 e. The van der Waals surface area contributed by atoms with Gasteiger partial charge in [-0.2, -0.15) is 0 Å². The first-order chi connectivity index (χ1) is 7.07. The van der Waals surface area contributed by atoms with Gasteiger partial charge in [-0.1, -0.05) is 18.2 Å². The van der Waals surface area contributed by atoms with E-state index in [9.17, 15) is 4.79 Å². The van der Waals surface area contributed by atoms with Gasteiger partial charge < -0.3 is 15.1 Å². The van der Waals surface area contributed by atoms with Gasteiger partial charge in [-0.05, 0) is 26.2 Å². The smallest absolute Gasteiger partial charge is 0.335 e. The molecule has 0 saturated carbocycles. The number of benzene rings is 1. The minimum atomic E-state index is -0.879. The Hall–Kier alpha value is -1.39. The Kier molecular flexibility index (Phi) is 7.23. The third kappa shape index (κ3) is 7.66. The number of aliphatic hydroxyl groups is 1. The van der Waals surface area contributed by atoms with Gasteiger partial charge in [0.2, 0.25) is 0 Å². The molecule has 1 rings (SSSR count). The van der Waals surface area contributed by atoms with E-state index in [1.165, 1.54) is 0 Å². The Morgan fingerprint density at radius 2 is 1.80 bits per heavy atom. The monoisotopic (exact) mass is 211 g/mol. The van der Waals surface area contributed by atoms with Gasteiger partial charge in [0.25, 0.3) is 0 Å². The van der Waals surface area contributed by atoms with E-state index in [1.54, 1.807) is 30.3 Å². The predicted octanol–water partition coefficient (Wildman–Crippen LogP) is 0.925. The SMILES string of the molecule is CN(C)CCO.O=C(O)c1ccccc1. The molecule has 0 unspecified atom stereocenters. The number of hydrogen-bond acceptors (Lipinski definition) is 3. The molecular weight excluding hydrogens is 194 g/mol. The Morgan fingerprint density at radius 1 is 1.27 bits per heavy atom. The molecule has 0 aliphatic carbocycles. The van der Waals surface area contributed by atoms with Crippen molar-refractivity contribution in [3.63, 3.8) is 0 Å². The standard InChI is InChI=1S/C7H6O2.C4H11NO/c8-7(9)6-4-2-1-3-5-6;1-5(2)3-4-6/h1-5H,(H,8,9);6H,3-4H2,1-2H3. The van der Waals surface area contributed by atoms with Crippen molar-refractivity contribution in [1.29, 1.82) is 0 Å². The van der Waals surface area contributed by atoms with E-state index in [0.29, 0.717) is 5.56 Å². The number of carboxylic acid groups (broad SMARTS) is 1. The highest BCUT2D eigenvalue weighted by Crippen LogP contribution is 1.96. The highest BCUT2D eigenvalue weighted by molar-refractivity contribution is 5.87. The van der Waals surface area contributed by atoms with E-state index in [-0.39, 0.29) is 6.61 Å². The summed E-state index contributed by atoms with van der Waals surface area (Å²) in [5, 5.41) is 16.6. The van der Waals surface area contributed by atoms with E-state index in [0.717, 1.165) is 6.54 Å². The molecule has 1 aromatic rings. The second-order valence-electron chi connectivity index (χ2n) is 3.20. The number of carboxylic acids is 1. The maximum atomic E-state index is 10.2. The van der Waals surface area contributed by atoms with Crippen molar-refractivity contribution < 1.29 is 15.0 Å². The Bertz CT molecular complexity index is 272. The summed E-state index contributed by atoms with van der Waals surface area (Å²) < 4.78 is 0. The molecule has 0 saturated heterocycles. The van der Waals surface area contributed by atoms with Crippen LogP contribution in [0.25, 0.3) is 0 Å². The van der Waals surface area contributed by atoms with E-state index in [4.69, 9.17) is 10.2 Å². The number of rotatable bonds is 3. The Labute approximate surface area is 89.8 Å². The van der Waals surface area contributed by atoms with Crippen molar-refractivity contribution in [1.82, 2.24) is 4.90 Å². The number of aliphatic hydroxyl groups excluding tert-OH is 1. The molecule has 0 amide bonds. The lowest BCUT2D eigenvalue weighted by Crippen LogP contribution is -2.15. The van der Waals surface area contributed by atoms with E-state index in [1.807, 2.05) is 19.0 Å². The van der Waals surface area contributed by atoms with Gasteiger partial charge >= 0.3 is 5.97 Å². The summed E-state index contributed by atoms with van der Waals surface area (Å²) in [6.45, 7) is 1.02. The fraction of sp³-hybridized carbons (Fsp3) is 0.364. The summed E-state index contributed by atoms with van der Waals surface area (Å²) in [6.07, 6.45) is 0. The van der Waals surface area contributed by atoms with Gasteiger partial charge in [-0.25, -0.2) is 4.79 Å². The average Bonchev–Trinajstić information content (AvgIpc) is 2.20. The van der Waals surface area contributed by atoms with Crippen molar-refractivity contribution in [3.05, 3.63) is 35.9 Å². The molecule has 15 heavy (non-hydrogen) atoms. The molecule has 1 aromatic carbocycles. The lowest BCUT2D eigenvalue weighted by Gasteiger charge is -2.03. The van der Waals surface area contributed by atoms with Crippen LogP contribution in [0.15, 0.2) is 30.3 Å². The summed E-state index contributed by atoms with van der Waals surface area (Å²) >= 11 is 0. The number of aromatic carboxylic acids is 1. The predicted molar refractivity (Wildman–Crippen MR) is 59.0 cm³/mol. The summed E-state index contributed by atoms with van der Waals surface area (Å²) in [5.41, 5.74) is 0.331. The van der Waals surface area contributed by atoms with Gasteiger partial charge in [0.05, 0.1) is 12.2 Å². The molecule has 0 aliphatic heterocycles. The molecule has 0 bridgehead atoms. The highest BCUT2D eigenvalue weighted by Gasteiger charge is 1.96. The van der Waals surface area contributed by atoms with Crippen molar-refractivity contribution in [2.24, 2.45) is 0 Å². The van der Waals surface area contributed by atoms with E-state index < -0.39 is 5.97 Å². The van der Waals surface area contributed by atoms with Crippen LogP contribution in [-0.2, 0) is 0 Å². The molecule has 0 aliphatic rings. The molecule has 0 aromatic heterocycles. The minimum absolute atomic E-state index is 0.257. The Balaban J connectivity index is 0.000000288. The topological polar surface area (TPSA) is 60.8 Å². The van der Waals surface area contributed by atoms with Gasteiger partial charge in [0.15, 0.2) is 0 Å². The zero-order valence-corrected chi connectivity index (χ0v) is 9.05. The molecule has 0 spiro atoms. The van der Waals surface area contributed by atoms with Gasteiger partial charge in [-0.3, -0.25) is 0 Å². The van der Waals surface area contributed by atoms with Crippen LogP contribution in [0.2, 0.25) is 0 Å². The zero-order valence-electron chi connectivity index (χ0n) is 9.05. The lowest BCUT2D eigenvalue weighted by atomic mass is 10.2. The molecule has 4 heteroatoms. The third-order valence-corrected chi connectivity index (χ3v) is 1.57. The molecule has 4 nitrogen and oxygen atoms in total. The summed E-state index contributed by atoms with van der Waals surface area (Å²) in [4.78, 5) is 12.1. The van der Waals surface area contributed by atoms with Crippen LogP contribution in [0.3, 0.4) is 0 Å². The maximum absolute atomic E-state index is 10.2. The van der Waals surface area contributed by atoms with Gasteiger partial charge in [0.1, 0.15) is 0 Å². The first kappa shape index (κ1) is 13.6. The Morgan fingerprint density at radius 3 is 2.00 bits per heavy atom. The van der Waals surface area contributed by atoms with Crippen LogP contribution in [0.5, 0.6) is 0 Å².